The van der Waals surface area contributed by atoms with E-state index in [4.69, 9.17) is 16.3 Å². The molecule has 0 saturated carbocycles. The maximum Gasteiger partial charge on any atom is 0.328 e. The zero-order chi connectivity index (χ0) is 24.8. The van der Waals surface area contributed by atoms with Gasteiger partial charge in [-0.1, -0.05) is 27.5 Å². The highest BCUT2D eigenvalue weighted by Gasteiger charge is 2.21. The number of rotatable bonds is 8. The van der Waals surface area contributed by atoms with Crippen LogP contribution in [0.15, 0.2) is 46.9 Å². The summed E-state index contributed by atoms with van der Waals surface area (Å²) in [5.74, 6) is -2.16. The molecule has 1 heterocycles. The van der Waals surface area contributed by atoms with Crippen LogP contribution in [0.5, 0.6) is 0 Å². The Hall–Kier alpha value is -2.88. The highest BCUT2D eigenvalue weighted by Crippen LogP contribution is 2.25. The second-order valence-electron chi connectivity index (χ2n) is 7.95. The molecule has 0 bridgehead atoms. The van der Waals surface area contributed by atoms with E-state index in [0.717, 1.165) is 10.0 Å². The Balaban J connectivity index is 1.79. The third-order valence-corrected chi connectivity index (χ3v) is 5.64. The van der Waals surface area contributed by atoms with Crippen LogP contribution < -0.4 is 16.1 Å². The van der Waals surface area contributed by atoms with E-state index in [-0.39, 0.29) is 18.3 Å². The SMILES string of the molecule is Cc1cc(Br)ccc1NC(=O)c1cc2cc(Cl)ccc2n1NC(=O)C(=O)NCCCOC(C)C. The second-order valence-corrected chi connectivity index (χ2v) is 9.30. The van der Waals surface area contributed by atoms with Crippen LogP contribution in [0.25, 0.3) is 10.9 Å². The molecule has 2 aromatic carbocycles. The molecule has 0 aliphatic rings. The van der Waals surface area contributed by atoms with Gasteiger partial charge in [0, 0.05) is 33.7 Å². The highest BCUT2D eigenvalue weighted by molar-refractivity contribution is 9.10. The Bertz CT molecular complexity index is 1230. The maximum absolute atomic E-state index is 13.1. The van der Waals surface area contributed by atoms with Crippen molar-refractivity contribution in [3.05, 3.63) is 63.2 Å². The molecule has 0 aliphatic carbocycles. The second kappa shape index (κ2) is 11.5. The summed E-state index contributed by atoms with van der Waals surface area (Å²) in [6.07, 6.45) is 0.669. The zero-order valence-corrected chi connectivity index (χ0v) is 21.4. The Morgan fingerprint density at radius 3 is 2.56 bits per heavy atom. The Morgan fingerprint density at radius 2 is 1.85 bits per heavy atom. The normalized spacial score (nSPS) is 11.0. The number of ether oxygens (including phenoxy) is 1. The van der Waals surface area contributed by atoms with Crippen molar-refractivity contribution in [3.8, 4) is 0 Å². The van der Waals surface area contributed by atoms with Crippen LogP contribution in [-0.4, -0.2) is 41.7 Å². The summed E-state index contributed by atoms with van der Waals surface area (Å²) >= 11 is 9.51. The van der Waals surface area contributed by atoms with Gasteiger partial charge < -0.3 is 15.4 Å². The third-order valence-electron chi connectivity index (χ3n) is 4.91. The fourth-order valence-electron chi connectivity index (χ4n) is 3.25. The molecule has 3 amide bonds. The van der Waals surface area contributed by atoms with Crippen molar-refractivity contribution >= 4 is 61.8 Å². The van der Waals surface area contributed by atoms with Crippen LogP contribution in [0.3, 0.4) is 0 Å². The molecule has 0 fully saturated rings. The van der Waals surface area contributed by atoms with E-state index in [2.05, 4.69) is 32.0 Å². The van der Waals surface area contributed by atoms with Gasteiger partial charge in [-0.3, -0.25) is 19.8 Å². The number of carbonyl (C=O) groups excluding carboxylic acids is 3. The Kier molecular flexibility index (Phi) is 8.71. The number of aryl methyl sites for hydroxylation is 1. The lowest BCUT2D eigenvalue weighted by molar-refractivity contribution is -0.136. The van der Waals surface area contributed by atoms with Crippen molar-refractivity contribution in [1.82, 2.24) is 9.99 Å². The summed E-state index contributed by atoms with van der Waals surface area (Å²) < 4.78 is 7.60. The first kappa shape index (κ1) is 25.7. The molecule has 180 valence electrons. The number of aromatic nitrogens is 1. The van der Waals surface area contributed by atoms with Crippen molar-refractivity contribution < 1.29 is 19.1 Å². The summed E-state index contributed by atoms with van der Waals surface area (Å²) in [6, 6.07) is 12.1. The average Bonchev–Trinajstić information content (AvgIpc) is 3.12. The number of hydrogen-bond acceptors (Lipinski definition) is 4. The van der Waals surface area contributed by atoms with Gasteiger partial charge in [0.05, 0.1) is 11.6 Å². The van der Waals surface area contributed by atoms with Gasteiger partial charge in [0.2, 0.25) is 0 Å². The average molecular weight is 550 g/mol. The fraction of sp³-hybridized carbons (Fsp3) is 0.292. The van der Waals surface area contributed by atoms with Gasteiger partial charge in [0.15, 0.2) is 0 Å². The van der Waals surface area contributed by atoms with Crippen molar-refractivity contribution in [1.29, 1.82) is 0 Å². The van der Waals surface area contributed by atoms with Gasteiger partial charge in [0.25, 0.3) is 5.91 Å². The van der Waals surface area contributed by atoms with Crippen molar-refractivity contribution in [3.63, 3.8) is 0 Å². The molecule has 0 unspecified atom stereocenters. The first-order valence-electron chi connectivity index (χ1n) is 10.7. The molecule has 0 spiro atoms. The van der Waals surface area contributed by atoms with Gasteiger partial charge in [-0.05, 0) is 75.2 Å². The van der Waals surface area contributed by atoms with E-state index in [9.17, 15) is 14.4 Å². The number of benzene rings is 2. The molecule has 0 atom stereocenters. The maximum atomic E-state index is 13.1. The first-order valence-corrected chi connectivity index (χ1v) is 11.9. The number of halogens is 2. The predicted molar refractivity (Wildman–Crippen MR) is 137 cm³/mol. The summed E-state index contributed by atoms with van der Waals surface area (Å²) in [5.41, 5.74) is 4.67. The van der Waals surface area contributed by atoms with E-state index in [1.807, 2.05) is 32.9 Å². The van der Waals surface area contributed by atoms with Crippen molar-refractivity contribution in [2.75, 3.05) is 23.9 Å². The van der Waals surface area contributed by atoms with Crippen LogP contribution >= 0.6 is 27.5 Å². The van der Waals surface area contributed by atoms with Crippen LogP contribution in [0.1, 0.15) is 36.3 Å². The molecule has 3 rings (SSSR count). The number of anilines is 1. The number of nitrogens with one attached hydrogen (secondary N) is 3. The quantitative estimate of drug-likeness (QED) is 0.282. The summed E-state index contributed by atoms with van der Waals surface area (Å²) in [5, 5.41) is 6.52. The standard InChI is InChI=1S/C24H26BrClN4O4/c1-14(2)34-10-4-9-27-23(32)24(33)29-30-20-8-6-18(26)12-16(20)13-21(30)22(31)28-19-7-5-17(25)11-15(19)3/h5-8,11-14H,4,9-10H2,1-3H3,(H,27,32)(H,28,31)(H,29,33). The Labute approximate surface area is 211 Å². The third kappa shape index (κ3) is 6.59. The van der Waals surface area contributed by atoms with E-state index in [0.29, 0.717) is 34.6 Å². The molecule has 3 aromatic rings. The minimum absolute atomic E-state index is 0.0975. The summed E-state index contributed by atoms with van der Waals surface area (Å²) in [6.45, 7) is 6.48. The molecule has 0 saturated heterocycles. The summed E-state index contributed by atoms with van der Waals surface area (Å²) in [7, 11) is 0. The topological polar surface area (TPSA) is 101 Å². The molecular weight excluding hydrogens is 524 g/mol. The molecule has 8 nitrogen and oxygen atoms in total. The van der Waals surface area contributed by atoms with Gasteiger partial charge in [-0.15, -0.1) is 0 Å². The number of fused-ring (bicyclic) bond motifs is 1. The Morgan fingerprint density at radius 1 is 1.09 bits per heavy atom. The molecule has 1 aromatic heterocycles. The molecular formula is C24H26BrClN4O4. The number of carbonyl (C=O) groups is 3. The molecule has 34 heavy (non-hydrogen) atoms. The lowest BCUT2D eigenvalue weighted by atomic mass is 10.2. The van der Waals surface area contributed by atoms with E-state index in [1.165, 1.54) is 4.68 Å². The lowest BCUT2D eigenvalue weighted by Gasteiger charge is -2.14. The van der Waals surface area contributed by atoms with Crippen molar-refractivity contribution in [2.45, 2.75) is 33.3 Å². The fourth-order valence-corrected chi connectivity index (χ4v) is 3.91. The predicted octanol–water partition coefficient (Wildman–Crippen LogP) is 4.62. The number of hydrogen-bond donors (Lipinski definition) is 3. The first-order chi connectivity index (χ1) is 16.2. The van der Waals surface area contributed by atoms with Gasteiger partial charge in [-0.2, -0.15) is 0 Å². The van der Waals surface area contributed by atoms with E-state index >= 15 is 0 Å². The monoisotopic (exact) mass is 548 g/mol. The molecule has 10 heteroatoms. The van der Waals surface area contributed by atoms with Gasteiger partial charge >= 0.3 is 11.8 Å². The molecule has 3 N–H and O–H groups in total. The highest BCUT2D eigenvalue weighted by atomic mass is 79.9. The zero-order valence-electron chi connectivity index (χ0n) is 19.1. The van der Waals surface area contributed by atoms with E-state index < -0.39 is 17.7 Å². The smallest absolute Gasteiger partial charge is 0.328 e. The molecule has 0 aliphatic heterocycles. The van der Waals surface area contributed by atoms with Crippen LogP contribution in [-0.2, 0) is 14.3 Å². The largest absolute Gasteiger partial charge is 0.379 e. The van der Waals surface area contributed by atoms with E-state index in [1.54, 1.807) is 30.3 Å². The van der Waals surface area contributed by atoms with Crippen LogP contribution in [0, 0.1) is 6.92 Å². The number of amides is 3. The minimum Gasteiger partial charge on any atom is -0.379 e. The summed E-state index contributed by atoms with van der Waals surface area (Å²) in [4.78, 5) is 38.0. The lowest BCUT2D eigenvalue weighted by Crippen LogP contribution is -2.40. The van der Waals surface area contributed by atoms with Crippen molar-refractivity contribution in [2.24, 2.45) is 0 Å². The number of nitrogens with zero attached hydrogens (tertiary/aromatic N) is 1. The minimum atomic E-state index is -0.897. The van der Waals surface area contributed by atoms with Gasteiger partial charge in [0.1, 0.15) is 5.69 Å². The van der Waals surface area contributed by atoms with Gasteiger partial charge in [-0.25, -0.2) is 4.68 Å². The van der Waals surface area contributed by atoms with Crippen LogP contribution in [0.4, 0.5) is 5.69 Å². The van der Waals surface area contributed by atoms with Crippen LogP contribution in [0.2, 0.25) is 5.02 Å². The molecule has 0 radical (unpaired) electrons.